The van der Waals surface area contributed by atoms with Crippen LogP contribution in [0, 0.1) is 0 Å². The first-order valence-electron chi connectivity index (χ1n) is 6.92. The number of benzene rings is 1. The van der Waals surface area contributed by atoms with Crippen molar-refractivity contribution in [3.8, 4) is 5.75 Å². The fraction of sp³-hybridized carbons (Fsp3) is 0.400. The molecule has 5 nitrogen and oxygen atoms in total. The van der Waals surface area contributed by atoms with E-state index in [1.54, 1.807) is 0 Å². The molecule has 5 heteroatoms. The van der Waals surface area contributed by atoms with E-state index in [0.29, 0.717) is 18.1 Å². The van der Waals surface area contributed by atoms with E-state index in [-0.39, 0.29) is 17.8 Å². The summed E-state index contributed by atoms with van der Waals surface area (Å²) in [7, 11) is 0. The molecule has 1 fully saturated rings. The molecule has 2 heterocycles. The van der Waals surface area contributed by atoms with Gasteiger partial charge in [-0.3, -0.25) is 4.79 Å². The van der Waals surface area contributed by atoms with Gasteiger partial charge >= 0.3 is 0 Å². The number of carbonyl (C=O) groups excluding carboxylic acids is 1. The van der Waals surface area contributed by atoms with Crippen LogP contribution in [0.15, 0.2) is 28.8 Å². The number of hydrogen-bond donors (Lipinski definition) is 0. The molecule has 1 saturated carbocycles. The predicted octanol–water partition coefficient (Wildman–Crippen LogP) is 2.58. The van der Waals surface area contributed by atoms with Gasteiger partial charge in [-0.25, -0.2) is 0 Å². The number of rotatable bonds is 2. The highest BCUT2D eigenvalue weighted by atomic mass is 16.5. The van der Waals surface area contributed by atoms with E-state index < -0.39 is 0 Å². The lowest BCUT2D eigenvalue weighted by Crippen LogP contribution is -2.07. The highest BCUT2D eigenvalue weighted by Crippen LogP contribution is 2.36. The van der Waals surface area contributed by atoms with Crippen molar-refractivity contribution in [2.75, 3.05) is 0 Å². The zero-order valence-electron chi connectivity index (χ0n) is 10.9. The summed E-state index contributed by atoms with van der Waals surface area (Å²) < 4.78 is 11.1. The van der Waals surface area contributed by atoms with Crippen LogP contribution < -0.4 is 4.74 Å². The third-order valence-corrected chi connectivity index (χ3v) is 4.00. The van der Waals surface area contributed by atoms with Gasteiger partial charge in [0.05, 0.1) is 5.92 Å². The molecule has 2 unspecified atom stereocenters. The fourth-order valence-corrected chi connectivity index (χ4v) is 2.92. The summed E-state index contributed by atoms with van der Waals surface area (Å²) in [6.45, 7) is 0. The summed E-state index contributed by atoms with van der Waals surface area (Å²) in [6.07, 6.45) is 2.88. The molecule has 2 aliphatic rings. The van der Waals surface area contributed by atoms with Gasteiger partial charge in [-0.1, -0.05) is 23.4 Å². The first-order chi connectivity index (χ1) is 9.81. The van der Waals surface area contributed by atoms with Gasteiger partial charge in [0.15, 0.2) is 6.10 Å². The molecule has 4 rings (SSSR count). The molecule has 20 heavy (non-hydrogen) atoms. The van der Waals surface area contributed by atoms with Crippen molar-refractivity contribution in [2.45, 2.75) is 37.7 Å². The van der Waals surface area contributed by atoms with E-state index in [4.69, 9.17) is 9.26 Å². The van der Waals surface area contributed by atoms with E-state index in [0.717, 1.165) is 30.6 Å². The minimum atomic E-state index is -0.208. The molecule has 2 aromatic rings. The molecule has 0 N–H and O–H groups in total. The van der Waals surface area contributed by atoms with E-state index in [1.165, 1.54) is 0 Å². The summed E-state index contributed by atoms with van der Waals surface area (Å²) in [4.78, 5) is 16.1. The summed E-state index contributed by atoms with van der Waals surface area (Å²) in [5.74, 6) is 1.86. The Labute approximate surface area is 115 Å². The summed E-state index contributed by atoms with van der Waals surface area (Å²) in [5, 5.41) is 4.00. The van der Waals surface area contributed by atoms with Crippen molar-refractivity contribution >= 4 is 5.78 Å². The average Bonchev–Trinajstić information content (AvgIpc) is 3.15. The van der Waals surface area contributed by atoms with Crippen molar-refractivity contribution in [1.82, 2.24) is 10.1 Å². The minimum absolute atomic E-state index is 0.204. The number of para-hydroxylation sites is 1. The second-order valence-electron chi connectivity index (χ2n) is 5.32. The Morgan fingerprint density at radius 3 is 2.95 bits per heavy atom. The van der Waals surface area contributed by atoms with Gasteiger partial charge in [0.1, 0.15) is 11.5 Å². The second kappa shape index (κ2) is 4.44. The lowest BCUT2D eigenvalue weighted by atomic mass is 10.1. The van der Waals surface area contributed by atoms with Crippen LogP contribution in [0.5, 0.6) is 5.75 Å². The highest BCUT2D eigenvalue weighted by molar-refractivity contribution is 5.86. The van der Waals surface area contributed by atoms with Crippen molar-refractivity contribution in [1.29, 1.82) is 0 Å². The van der Waals surface area contributed by atoms with Gasteiger partial charge in [-0.05, 0) is 24.5 Å². The minimum Gasteiger partial charge on any atom is -0.482 e. The van der Waals surface area contributed by atoms with E-state index in [2.05, 4.69) is 10.1 Å². The number of carbonyl (C=O) groups is 1. The average molecular weight is 270 g/mol. The van der Waals surface area contributed by atoms with E-state index >= 15 is 0 Å². The quantitative estimate of drug-likeness (QED) is 0.839. The largest absolute Gasteiger partial charge is 0.482 e. The van der Waals surface area contributed by atoms with Gasteiger partial charge in [0.25, 0.3) is 0 Å². The van der Waals surface area contributed by atoms with Crippen LogP contribution in [-0.4, -0.2) is 15.9 Å². The smallest absolute Gasteiger partial charge is 0.237 e. The molecule has 102 valence electrons. The summed E-state index contributed by atoms with van der Waals surface area (Å²) >= 11 is 0. The predicted molar refractivity (Wildman–Crippen MR) is 69.4 cm³/mol. The van der Waals surface area contributed by atoms with Crippen LogP contribution in [0.4, 0.5) is 0 Å². The van der Waals surface area contributed by atoms with Crippen LogP contribution in [-0.2, 0) is 11.2 Å². The zero-order valence-corrected chi connectivity index (χ0v) is 10.9. The first kappa shape index (κ1) is 11.6. The molecule has 0 amide bonds. The van der Waals surface area contributed by atoms with Crippen LogP contribution in [0.25, 0.3) is 0 Å². The van der Waals surface area contributed by atoms with E-state index in [1.807, 2.05) is 24.3 Å². The van der Waals surface area contributed by atoms with Gasteiger partial charge in [0.2, 0.25) is 11.7 Å². The Balaban J connectivity index is 1.56. The summed E-state index contributed by atoms with van der Waals surface area (Å²) in [6, 6.07) is 7.91. The highest BCUT2D eigenvalue weighted by Gasteiger charge is 2.33. The maximum atomic E-state index is 11.7. The molecule has 0 saturated heterocycles. The van der Waals surface area contributed by atoms with Crippen molar-refractivity contribution in [2.24, 2.45) is 0 Å². The normalized spacial score (nSPS) is 24.7. The van der Waals surface area contributed by atoms with Crippen molar-refractivity contribution < 1.29 is 14.1 Å². The Bertz CT molecular complexity index is 640. The maximum absolute atomic E-state index is 11.7. The number of hydrogen-bond acceptors (Lipinski definition) is 5. The molecule has 1 aliphatic heterocycles. The third kappa shape index (κ3) is 1.81. The number of fused-ring (bicyclic) bond motifs is 1. The monoisotopic (exact) mass is 270 g/mol. The van der Waals surface area contributed by atoms with Crippen LogP contribution >= 0.6 is 0 Å². The standard InChI is InChI=1S/C15H14N2O3/c18-11-6-3-5-10(11)15-16-14(17-20-15)13-8-9-4-1-2-7-12(9)19-13/h1-2,4,7,10,13H,3,5-6,8H2. The van der Waals surface area contributed by atoms with Crippen molar-refractivity contribution in [3.05, 3.63) is 41.5 Å². The molecule has 0 spiro atoms. The number of ether oxygens (including phenoxy) is 1. The van der Waals surface area contributed by atoms with Crippen LogP contribution in [0.3, 0.4) is 0 Å². The molecule has 0 radical (unpaired) electrons. The molecule has 1 aromatic heterocycles. The molecule has 2 atom stereocenters. The first-order valence-corrected chi connectivity index (χ1v) is 6.92. The fourth-order valence-electron chi connectivity index (χ4n) is 2.92. The Hall–Kier alpha value is -2.17. The molecular formula is C15H14N2O3. The molecule has 0 bridgehead atoms. The maximum Gasteiger partial charge on any atom is 0.237 e. The van der Waals surface area contributed by atoms with Gasteiger partial charge < -0.3 is 9.26 Å². The Kier molecular flexibility index (Phi) is 2.58. The lowest BCUT2D eigenvalue weighted by molar-refractivity contribution is -0.119. The Morgan fingerprint density at radius 2 is 2.15 bits per heavy atom. The molecule has 1 aromatic carbocycles. The molecule has 1 aliphatic carbocycles. The van der Waals surface area contributed by atoms with Gasteiger partial charge in [-0.2, -0.15) is 4.98 Å². The lowest BCUT2D eigenvalue weighted by Gasteiger charge is -2.04. The molecular weight excluding hydrogens is 256 g/mol. The SMILES string of the molecule is O=C1CCCC1c1nc(C2Cc3ccccc3O2)no1. The van der Waals surface area contributed by atoms with E-state index in [9.17, 15) is 4.79 Å². The zero-order chi connectivity index (χ0) is 13.5. The van der Waals surface area contributed by atoms with Crippen molar-refractivity contribution in [3.63, 3.8) is 0 Å². The number of nitrogens with zero attached hydrogens (tertiary/aromatic N) is 2. The van der Waals surface area contributed by atoms with Gasteiger partial charge in [-0.15, -0.1) is 0 Å². The van der Waals surface area contributed by atoms with Crippen LogP contribution in [0.1, 0.15) is 48.6 Å². The topological polar surface area (TPSA) is 65.2 Å². The number of ketones is 1. The second-order valence-corrected chi connectivity index (χ2v) is 5.32. The number of Topliss-reactive ketones (excluding diaryl/α,β-unsaturated/α-hetero) is 1. The number of aromatic nitrogens is 2. The summed E-state index contributed by atoms with van der Waals surface area (Å²) in [5.41, 5.74) is 1.15. The Morgan fingerprint density at radius 1 is 1.25 bits per heavy atom. The van der Waals surface area contributed by atoms with Gasteiger partial charge in [0, 0.05) is 12.8 Å². The third-order valence-electron chi connectivity index (χ3n) is 4.00. The van der Waals surface area contributed by atoms with Crippen LogP contribution in [0.2, 0.25) is 0 Å².